The van der Waals surface area contributed by atoms with E-state index in [0.717, 1.165) is 29.7 Å². The monoisotopic (exact) mass is 342 g/mol. The van der Waals surface area contributed by atoms with Crippen LogP contribution in [0.15, 0.2) is 35.6 Å². The number of rotatable bonds is 4. The summed E-state index contributed by atoms with van der Waals surface area (Å²) in [6.45, 7) is 4.14. The van der Waals surface area contributed by atoms with Gasteiger partial charge in [0.1, 0.15) is 16.7 Å². The molecule has 0 saturated heterocycles. The predicted molar refractivity (Wildman–Crippen MR) is 93.6 cm³/mol. The van der Waals surface area contributed by atoms with Gasteiger partial charge in [-0.15, -0.1) is 11.3 Å². The zero-order chi connectivity index (χ0) is 16.5. The maximum absolute atomic E-state index is 12.9. The fourth-order valence-electron chi connectivity index (χ4n) is 3.04. The Morgan fingerprint density at radius 1 is 1.50 bits per heavy atom. The van der Waals surface area contributed by atoms with Crippen LogP contribution in [0.3, 0.4) is 0 Å². The second-order valence-corrected chi connectivity index (χ2v) is 7.01. The van der Waals surface area contributed by atoms with Crippen molar-refractivity contribution in [3.8, 4) is 5.75 Å². The molecule has 0 aromatic carbocycles. The first kappa shape index (κ1) is 15.3. The number of fused-ring (bicyclic) bond motifs is 3. The molecule has 0 amide bonds. The quantitative estimate of drug-likeness (QED) is 0.785. The number of hydrogen-bond donors (Lipinski definition) is 1. The SMILES string of the molecule is C[C@@H](Cn1cnc2sc3c(c2c1=O)CCNC3)Oc1cccnc1. The third-order valence-electron chi connectivity index (χ3n) is 4.12. The van der Waals surface area contributed by atoms with Gasteiger partial charge in [-0.25, -0.2) is 4.98 Å². The van der Waals surface area contributed by atoms with Crippen LogP contribution in [-0.2, 0) is 19.5 Å². The summed E-state index contributed by atoms with van der Waals surface area (Å²) in [4.78, 5) is 23.5. The molecule has 0 bridgehead atoms. The zero-order valence-electron chi connectivity index (χ0n) is 13.4. The summed E-state index contributed by atoms with van der Waals surface area (Å²) in [5.74, 6) is 0.700. The van der Waals surface area contributed by atoms with Gasteiger partial charge in [0, 0.05) is 17.6 Å². The van der Waals surface area contributed by atoms with Crippen molar-refractivity contribution < 1.29 is 4.74 Å². The highest BCUT2D eigenvalue weighted by atomic mass is 32.1. The smallest absolute Gasteiger partial charge is 0.262 e. The molecule has 124 valence electrons. The number of hydrogen-bond acceptors (Lipinski definition) is 6. The average molecular weight is 342 g/mol. The summed E-state index contributed by atoms with van der Waals surface area (Å²) in [7, 11) is 0. The molecule has 3 aromatic rings. The predicted octanol–water partition coefficient (Wildman–Crippen LogP) is 1.97. The fourth-order valence-corrected chi connectivity index (χ4v) is 4.19. The molecule has 3 aromatic heterocycles. The van der Waals surface area contributed by atoms with E-state index in [9.17, 15) is 4.79 Å². The molecule has 4 heterocycles. The van der Waals surface area contributed by atoms with Gasteiger partial charge in [0.05, 0.1) is 24.5 Å². The summed E-state index contributed by atoms with van der Waals surface area (Å²) in [5.41, 5.74) is 1.20. The first-order chi connectivity index (χ1) is 11.7. The minimum Gasteiger partial charge on any atom is -0.487 e. The van der Waals surface area contributed by atoms with E-state index in [1.165, 1.54) is 10.4 Å². The van der Waals surface area contributed by atoms with Crippen molar-refractivity contribution in [2.24, 2.45) is 0 Å². The highest BCUT2D eigenvalue weighted by Gasteiger charge is 2.20. The number of pyridine rings is 1. The van der Waals surface area contributed by atoms with E-state index < -0.39 is 0 Å². The normalized spacial score (nSPS) is 15.2. The van der Waals surface area contributed by atoms with Gasteiger partial charge in [0.2, 0.25) is 0 Å². The van der Waals surface area contributed by atoms with Crippen LogP contribution in [0.5, 0.6) is 5.75 Å². The number of nitrogens with one attached hydrogen (secondary N) is 1. The molecule has 0 spiro atoms. The highest BCUT2D eigenvalue weighted by Crippen LogP contribution is 2.29. The summed E-state index contributed by atoms with van der Waals surface area (Å²) in [5, 5.41) is 4.13. The molecule has 24 heavy (non-hydrogen) atoms. The molecule has 1 aliphatic heterocycles. The zero-order valence-corrected chi connectivity index (χ0v) is 14.2. The van der Waals surface area contributed by atoms with Crippen molar-refractivity contribution >= 4 is 21.6 Å². The molecule has 1 atom stereocenters. The van der Waals surface area contributed by atoms with Gasteiger partial charge in [-0.05, 0) is 37.6 Å². The molecule has 0 saturated carbocycles. The van der Waals surface area contributed by atoms with Crippen LogP contribution in [0.2, 0.25) is 0 Å². The first-order valence-corrected chi connectivity index (χ1v) is 8.81. The maximum atomic E-state index is 12.9. The third-order valence-corrected chi connectivity index (χ3v) is 5.26. The summed E-state index contributed by atoms with van der Waals surface area (Å²) in [6.07, 6.45) is 5.74. The number of ether oxygens (including phenoxy) is 1. The van der Waals surface area contributed by atoms with Gasteiger partial charge in [0.15, 0.2) is 0 Å². The highest BCUT2D eigenvalue weighted by molar-refractivity contribution is 7.18. The number of nitrogens with zero attached hydrogens (tertiary/aromatic N) is 3. The van der Waals surface area contributed by atoms with E-state index in [1.54, 1.807) is 34.6 Å². The van der Waals surface area contributed by atoms with Gasteiger partial charge in [-0.1, -0.05) is 0 Å². The van der Waals surface area contributed by atoms with Crippen LogP contribution in [0.25, 0.3) is 10.2 Å². The lowest BCUT2D eigenvalue weighted by molar-refractivity contribution is 0.197. The molecule has 0 radical (unpaired) electrons. The minimum absolute atomic E-state index is 0.0287. The van der Waals surface area contributed by atoms with E-state index in [0.29, 0.717) is 12.3 Å². The van der Waals surface area contributed by atoms with Crippen LogP contribution >= 0.6 is 11.3 Å². The third kappa shape index (κ3) is 2.81. The van der Waals surface area contributed by atoms with E-state index in [4.69, 9.17) is 4.74 Å². The summed E-state index contributed by atoms with van der Waals surface area (Å²) >= 11 is 1.62. The van der Waals surface area contributed by atoms with Crippen molar-refractivity contribution in [3.05, 3.63) is 51.6 Å². The van der Waals surface area contributed by atoms with E-state index >= 15 is 0 Å². The maximum Gasteiger partial charge on any atom is 0.262 e. The van der Waals surface area contributed by atoms with Gasteiger partial charge in [0.25, 0.3) is 5.56 Å². The second kappa shape index (κ2) is 6.33. The lowest BCUT2D eigenvalue weighted by Crippen LogP contribution is -2.29. The minimum atomic E-state index is -0.151. The van der Waals surface area contributed by atoms with Crippen LogP contribution in [0.4, 0.5) is 0 Å². The van der Waals surface area contributed by atoms with Gasteiger partial charge in [-0.2, -0.15) is 0 Å². The van der Waals surface area contributed by atoms with Crippen molar-refractivity contribution in [3.63, 3.8) is 0 Å². The number of aromatic nitrogens is 3. The molecular weight excluding hydrogens is 324 g/mol. The van der Waals surface area contributed by atoms with Gasteiger partial charge >= 0.3 is 0 Å². The summed E-state index contributed by atoms with van der Waals surface area (Å²) in [6, 6.07) is 3.68. The Morgan fingerprint density at radius 2 is 2.42 bits per heavy atom. The Labute approximate surface area is 143 Å². The molecule has 7 heteroatoms. The molecular formula is C17H18N4O2S. The standard InChI is InChI=1S/C17H18N4O2S/c1-11(23-12-3-2-5-18-7-12)9-21-10-20-16-15(17(21)22)13-4-6-19-8-14(13)24-16/h2-3,5,7,10-11,19H,4,6,8-9H2,1H3/t11-/m0/s1. The topological polar surface area (TPSA) is 69.0 Å². The summed E-state index contributed by atoms with van der Waals surface area (Å²) < 4.78 is 7.47. The number of thiophene rings is 1. The lowest BCUT2D eigenvalue weighted by atomic mass is 10.1. The van der Waals surface area contributed by atoms with Crippen LogP contribution < -0.4 is 15.6 Å². The Hall–Kier alpha value is -2.25. The van der Waals surface area contributed by atoms with Crippen LogP contribution in [-0.4, -0.2) is 27.2 Å². The van der Waals surface area contributed by atoms with E-state index in [-0.39, 0.29) is 11.7 Å². The van der Waals surface area contributed by atoms with Crippen LogP contribution in [0, 0.1) is 0 Å². The van der Waals surface area contributed by atoms with E-state index in [2.05, 4.69) is 15.3 Å². The Kier molecular flexibility index (Phi) is 4.03. The molecule has 6 nitrogen and oxygen atoms in total. The first-order valence-electron chi connectivity index (χ1n) is 7.99. The van der Waals surface area contributed by atoms with Gasteiger partial charge in [-0.3, -0.25) is 14.3 Å². The van der Waals surface area contributed by atoms with Crippen molar-refractivity contribution in [1.82, 2.24) is 19.9 Å². The fraction of sp³-hybridized carbons (Fsp3) is 0.353. The lowest BCUT2D eigenvalue weighted by Gasteiger charge is -2.16. The van der Waals surface area contributed by atoms with Crippen molar-refractivity contribution in [1.29, 1.82) is 0 Å². The van der Waals surface area contributed by atoms with Crippen LogP contribution in [0.1, 0.15) is 17.4 Å². The largest absolute Gasteiger partial charge is 0.487 e. The molecule has 1 N–H and O–H groups in total. The average Bonchev–Trinajstić information content (AvgIpc) is 2.97. The van der Waals surface area contributed by atoms with Gasteiger partial charge < -0.3 is 10.1 Å². The molecule has 1 aliphatic rings. The Balaban J connectivity index is 1.62. The molecule has 0 unspecified atom stereocenters. The molecule has 0 fully saturated rings. The van der Waals surface area contributed by atoms with E-state index in [1.807, 2.05) is 19.1 Å². The Bertz CT molecular complexity index is 919. The molecule has 0 aliphatic carbocycles. The van der Waals surface area contributed by atoms with Crippen molar-refractivity contribution in [2.75, 3.05) is 6.54 Å². The second-order valence-electron chi connectivity index (χ2n) is 5.93. The van der Waals surface area contributed by atoms with Crippen molar-refractivity contribution in [2.45, 2.75) is 32.5 Å². The molecule has 4 rings (SSSR count). The Morgan fingerprint density at radius 3 is 3.25 bits per heavy atom.